The van der Waals surface area contributed by atoms with Crippen LogP contribution in [0.2, 0.25) is 0 Å². The molecule has 10 nitrogen and oxygen atoms in total. The summed E-state index contributed by atoms with van der Waals surface area (Å²) in [6, 6.07) is 8.76. The molecule has 3 N–H and O–H groups in total. The highest BCUT2D eigenvalue weighted by atomic mass is 16.6. The lowest BCUT2D eigenvalue weighted by Crippen LogP contribution is -2.51. The number of aromatic nitrogens is 4. The zero-order valence-corrected chi connectivity index (χ0v) is 22.9. The number of ether oxygens (including phenoxy) is 1. The van der Waals surface area contributed by atoms with Crippen molar-refractivity contribution < 1.29 is 9.53 Å². The lowest BCUT2D eigenvalue weighted by molar-refractivity contribution is 0.00682. The number of amides is 1. The van der Waals surface area contributed by atoms with Gasteiger partial charge < -0.3 is 20.3 Å². The van der Waals surface area contributed by atoms with E-state index in [1.807, 2.05) is 51.1 Å². The SMILES string of the molecule is Cc1cc(Nc2nc(N[C@@H]3C[C@H]4CC[C@@H](C3)N4C(=O)OC(C)(C)C)nc3cc(C4C=NC=CC4)ccc23)n[nH]1. The van der Waals surface area contributed by atoms with Gasteiger partial charge >= 0.3 is 6.09 Å². The molecule has 1 aromatic carbocycles. The predicted octanol–water partition coefficient (Wildman–Crippen LogP) is 5.82. The third-order valence-electron chi connectivity index (χ3n) is 7.62. The first kappa shape index (κ1) is 25.3. The Balaban J connectivity index is 1.27. The number of rotatable bonds is 5. The Morgan fingerprint density at radius 2 is 1.92 bits per heavy atom. The smallest absolute Gasteiger partial charge is 0.410 e. The maximum absolute atomic E-state index is 12.9. The molecule has 1 amide bonds. The van der Waals surface area contributed by atoms with Crippen LogP contribution in [0.25, 0.3) is 10.9 Å². The third-order valence-corrected chi connectivity index (χ3v) is 7.62. The number of nitrogens with zero attached hydrogens (tertiary/aromatic N) is 5. The van der Waals surface area contributed by atoms with E-state index in [0.717, 1.165) is 48.7 Å². The number of H-pyrrole nitrogens is 1. The number of benzene rings is 1. The van der Waals surface area contributed by atoms with Crippen LogP contribution in [0.1, 0.15) is 70.1 Å². The predicted molar refractivity (Wildman–Crippen MR) is 153 cm³/mol. The number of allylic oxidation sites excluding steroid dienone is 1. The quantitative estimate of drug-likeness (QED) is 0.382. The highest BCUT2D eigenvalue weighted by molar-refractivity contribution is 5.92. The van der Waals surface area contributed by atoms with E-state index in [1.165, 1.54) is 5.56 Å². The first-order valence-electron chi connectivity index (χ1n) is 13.8. The summed E-state index contributed by atoms with van der Waals surface area (Å²) in [5.74, 6) is 2.20. The van der Waals surface area contributed by atoms with Crippen molar-refractivity contribution >= 4 is 40.8 Å². The van der Waals surface area contributed by atoms with Crippen LogP contribution in [0.15, 0.2) is 41.5 Å². The second kappa shape index (κ2) is 9.98. The third kappa shape index (κ3) is 5.46. The topological polar surface area (TPSA) is 120 Å². The minimum atomic E-state index is -0.501. The van der Waals surface area contributed by atoms with E-state index in [4.69, 9.17) is 14.7 Å². The van der Waals surface area contributed by atoms with Crippen molar-refractivity contribution in [3.8, 4) is 0 Å². The molecule has 204 valence electrons. The van der Waals surface area contributed by atoms with Crippen molar-refractivity contribution in [2.24, 2.45) is 4.99 Å². The van der Waals surface area contributed by atoms with Crippen molar-refractivity contribution in [2.75, 3.05) is 10.6 Å². The molecule has 1 unspecified atom stereocenters. The molecule has 4 atom stereocenters. The second-order valence-corrected chi connectivity index (χ2v) is 11.8. The molecule has 0 radical (unpaired) electrons. The molecule has 2 aromatic heterocycles. The van der Waals surface area contributed by atoms with E-state index in [9.17, 15) is 4.79 Å². The highest BCUT2D eigenvalue weighted by Gasteiger charge is 2.45. The molecule has 3 aliphatic rings. The molecular weight excluding hydrogens is 492 g/mol. The normalized spacial score (nSPS) is 24.3. The number of nitrogens with one attached hydrogen (secondary N) is 3. The van der Waals surface area contributed by atoms with Crippen LogP contribution in [0, 0.1) is 6.92 Å². The van der Waals surface area contributed by atoms with Crippen LogP contribution < -0.4 is 10.6 Å². The fourth-order valence-corrected chi connectivity index (χ4v) is 5.94. The summed E-state index contributed by atoms with van der Waals surface area (Å²) in [7, 11) is 0. The summed E-state index contributed by atoms with van der Waals surface area (Å²) in [5.41, 5.74) is 2.50. The number of aromatic amines is 1. The van der Waals surface area contributed by atoms with E-state index in [2.05, 4.69) is 50.1 Å². The van der Waals surface area contributed by atoms with Crippen LogP contribution in [-0.2, 0) is 4.74 Å². The lowest BCUT2D eigenvalue weighted by atomic mass is 9.95. The number of hydrogen-bond acceptors (Lipinski definition) is 8. The zero-order chi connectivity index (χ0) is 27.1. The van der Waals surface area contributed by atoms with Crippen molar-refractivity contribution in [3.63, 3.8) is 0 Å². The van der Waals surface area contributed by atoms with Gasteiger partial charge in [0.2, 0.25) is 5.95 Å². The van der Waals surface area contributed by atoms with Gasteiger partial charge in [-0.1, -0.05) is 12.1 Å². The minimum absolute atomic E-state index is 0.159. The summed E-state index contributed by atoms with van der Waals surface area (Å²) in [6.45, 7) is 7.71. The summed E-state index contributed by atoms with van der Waals surface area (Å²) in [4.78, 5) is 29.0. The molecule has 0 spiro atoms. The van der Waals surface area contributed by atoms with Gasteiger partial charge in [0.25, 0.3) is 0 Å². The Hall–Kier alpha value is -3.95. The van der Waals surface area contributed by atoms with Gasteiger partial charge in [0.05, 0.1) is 5.52 Å². The number of aryl methyl sites for hydroxylation is 1. The van der Waals surface area contributed by atoms with E-state index < -0.39 is 5.60 Å². The van der Waals surface area contributed by atoms with Crippen LogP contribution in [0.3, 0.4) is 0 Å². The Bertz CT molecular complexity index is 1420. The number of carbonyl (C=O) groups excluding carboxylic acids is 1. The summed E-state index contributed by atoms with van der Waals surface area (Å²) in [6.07, 6.45) is 10.3. The van der Waals surface area contributed by atoms with Gasteiger partial charge in [-0.3, -0.25) is 10.1 Å². The Morgan fingerprint density at radius 1 is 1.13 bits per heavy atom. The van der Waals surface area contributed by atoms with Gasteiger partial charge in [0, 0.05) is 53.6 Å². The fraction of sp³-hybridized carbons (Fsp3) is 0.483. The average molecular weight is 529 g/mol. The zero-order valence-electron chi connectivity index (χ0n) is 22.9. The Morgan fingerprint density at radius 3 is 2.59 bits per heavy atom. The number of aliphatic imine (C=N–C) groups is 1. The molecule has 5 heterocycles. The van der Waals surface area contributed by atoms with Crippen LogP contribution >= 0.6 is 0 Å². The molecule has 3 aromatic rings. The van der Waals surface area contributed by atoms with E-state index in [1.54, 1.807) is 0 Å². The molecule has 0 aliphatic carbocycles. The van der Waals surface area contributed by atoms with E-state index >= 15 is 0 Å². The number of anilines is 3. The van der Waals surface area contributed by atoms with Crippen LogP contribution in [0.5, 0.6) is 0 Å². The second-order valence-electron chi connectivity index (χ2n) is 11.8. The lowest BCUT2D eigenvalue weighted by Gasteiger charge is -2.39. The molecule has 2 bridgehead atoms. The summed E-state index contributed by atoms with van der Waals surface area (Å²) in [5, 5.41) is 15.2. The molecule has 6 rings (SSSR count). The maximum Gasteiger partial charge on any atom is 0.410 e. The van der Waals surface area contributed by atoms with Crippen LogP contribution in [-0.4, -0.2) is 61.1 Å². The molecular formula is C29H36N8O2. The van der Waals surface area contributed by atoms with Crippen molar-refractivity contribution in [3.05, 3.63) is 47.8 Å². The van der Waals surface area contributed by atoms with Gasteiger partial charge in [0.1, 0.15) is 11.4 Å². The van der Waals surface area contributed by atoms with E-state index in [-0.39, 0.29) is 30.1 Å². The molecule has 0 saturated carbocycles. The van der Waals surface area contributed by atoms with Gasteiger partial charge in [-0.15, -0.1) is 0 Å². The van der Waals surface area contributed by atoms with Crippen LogP contribution in [0.4, 0.5) is 22.4 Å². The van der Waals surface area contributed by atoms with E-state index in [0.29, 0.717) is 17.6 Å². The number of hydrogen-bond donors (Lipinski definition) is 3. The number of carbonyl (C=O) groups is 1. The molecule has 39 heavy (non-hydrogen) atoms. The van der Waals surface area contributed by atoms with Gasteiger partial charge in [-0.05, 0) is 77.5 Å². The first-order chi connectivity index (χ1) is 18.7. The molecule has 2 fully saturated rings. The van der Waals surface area contributed by atoms with Gasteiger partial charge in [0.15, 0.2) is 5.82 Å². The molecule has 10 heteroatoms. The number of piperidine rings is 1. The Kier molecular flexibility index (Phi) is 6.48. The van der Waals surface area contributed by atoms with Crippen molar-refractivity contribution in [2.45, 2.75) is 89.4 Å². The van der Waals surface area contributed by atoms with Gasteiger partial charge in [-0.25, -0.2) is 9.78 Å². The number of fused-ring (bicyclic) bond motifs is 3. The van der Waals surface area contributed by atoms with Gasteiger partial charge in [-0.2, -0.15) is 10.1 Å². The van der Waals surface area contributed by atoms with Crippen molar-refractivity contribution in [1.29, 1.82) is 0 Å². The average Bonchev–Trinajstić information content (AvgIpc) is 3.42. The minimum Gasteiger partial charge on any atom is -0.444 e. The summed E-state index contributed by atoms with van der Waals surface area (Å²) < 4.78 is 5.71. The molecule has 2 saturated heterocycles. The largest absolute Gasteiger partial charge is 0.444 e. The van der Waals surface area contributed by atoms with Crippen molar-refractivity contribution in [1.82, 2.24) is 25.1 Å². The first-order valence-corrected chi connectivity index (χ1v) is 13.8. The highest BCUT2D eigenvalue weighted by Crippen LogP contribution is 2.38. The monoisotopic (exact) mass is 528 g/mol. The fourth-order valence-electron chi connectivity index (χ4n) is 5.94. The Labute approximate surface area is 228 Å². The molecule has 3 aliphatic heterocycles. The maximum atomic E-state index is 12.9. The standard InChI is InChI=1S/C29H36N8O2/c1-17-12-25(36-35-17)33-26-23-10-7-18(19-6-5-11-30-16-19)13-24(23)32-27(34-26)31-20-14-21-8-9-22(15-20)37(21)28(38)39-29(2,3)4/h5,7,10-13,16,19-22H,6,8-9,14-15H2,1-4H3,(H3,31,32,33,34,35,36)/t19?,20-,21-,22+. The summed E-state index contributed by atoms with van der Waals surface area (Å²) >= 11 is 0.